The molecule has 2 aliphatic carbocycles. The van der Waals surface area contributed by atoms with Crippen molar-refractivity contribution in [2.24, 2.45) is 22.3 Å². The Bertz CT molecular complexity index is 1870. The molecule has 0 radical (unpaired) electrons. The van der Waals surface area contributed by atoms with Gasteiger partial charge in [0, 0.05) is 48.0 Å². The number of nitrogens with zero attached hydrogens (tertiary/aromatic N) is 2. The first kappa shape index (κ1) is 34.1. The SMILES string of the molecule is CC1(C)CC(=O)C2=C(C1)OC(N)=C(C#N)C2c1ccccc1OC/C=C/COc1ccccc1C1C(C#N)=C(N)OC2=C1C(=O)CC(C)(C)C2. The molecular weight excluding hydrogens is 632 g/mol. The Morgan fingerprint density at radius 2 is 1.08 bits per heavy atom. The first-order chi connectivity index (χ1) is 23.8. The van der Waals surface area contributed by atoms with E-state index >= 15 is 0 Å². The van der Waals surface area contributed by atoms with E-state index in [-0.39, 0.29) is 58.5 Å². The molecule has 50 heavy (non-hydrogen) atoms. The van der Waals surface area contributed by atoms with E-state index in [2.05, 4.69) is 12.1 Å². The maximum absolute atomic E-state index is 13.4. The van der Waals surface area contributed by atoms with Crippen molar-refractivity contribution in [3.8, 4) is 23.6 Å². The lowest BCUT2D eigenvalue weighted by atomic mass is 9.70. The van der Waals surface area contributed by atoms with E-state index in [1.165, 1.54) is 0 Å². The number of nitrogens with two attached hydrogens (primary N) is 2. The van der Waals surface area contributed by atoms with E-state index in [9.17, 15) is 20.1 Å². The summed E-state index contributed by atoms with van der Waals surface area (Å²) >= 11 is 0. The molecule has 2 unspecified atom stereocenters. The number of carbonyl (C=O) groups is 2. The number of rotatable bonds is 8. The van der Waals surface area contributed by atoms with Crippen molar-refractivity contribution in [3.63, 3.8) is 0 Å². The van der Waals surface area contributed by atoms with Gasteiger partial charge in [0.05, 0.1) is 11.8 Å². The largest absolute Gasteiger partial charge is 0.489 e. The molecule has 2 atom stereocenters. The van der Waals surface area contributed by atoms with Gasteiger partial charge in [-0.25, -0.2) is 0 Å². The second kappa shape index (κ2) is 13.3. The highest BCUT2D eigenvalue weighted by atomic mass is 16.5. The highest BCUT2D eigenvalue weighted by Gasteiger charge is 2.45. The standard InChI is InChI=1S/C40H40N4O6/c1-39(2)17-27(45)35-31(19-39)49-37(43)25(21-41)33(35)23-11-5-7-13-29(23)47-15-9-10-16-48-30-14-8-6-12-24(30)34-26(22-42)38(44)50-32-20-40(3,4)18-28(46)36(32)34/h5-14,33-34H,15-20,43-44H2,1-4H3/b10-9+. The summed E-state index contributed by atoms with van der Waals surface area (Å²) in [4.78, 5) is 26.8. The molecule has 4 N–H and O–H groups in total. The molecule has 0 saturated heterocycles. The van der Waals surface area contributed by atoms with Crippen LogP contribution in [-0.2, 0) is 19.1 Å². The van der Waals surface area contributed by atoms with Crippen molar-refractivity contribution >= 4 is 11.6 Å². The normalized spacial score (nSPS) is 22.7. The van der Waals surface area contributed by atoms with Gasteiger partial charge in [0.15, 0.2) is 11.6 Å². The van der Waals surface area contributed by atoms with E-state index < -0.39 is 11.8 Å². The molecule has 0 aromatic heterocycles. The van der Waals surface area contributed by atoms with Gasteiger partial charge in [0.2, 0.25) is 11.8 Å². The van der Waals surface area contributed by atoms with Crippen LogP contribution in [0, 0.1) is 33.5 Å². The number of allylic oxidation sites excluding steroid dienone is 6. The predicted octanol–water partition coefficient (Wildman–Crippen LogP) is 6.60. The fourth-order valence-corrected chi connectivity index (χ4v) is 7.30. The molecule has 2 aromatic rings. The molecule has 6 rings (SSSR count). The second-order valence-corrected chi connectivity index (χ2v) is 14.6. The first-order valence-electron chi connectivity index (χ1n) is 16.6. The average Bonchev–Trinajstić information content (AvgIpc) is 3.04. The Morgan fingerprint density at radius 3 is 1.46 bits per heavy atom. The summed E-state index contributed by atoms with van der Waals surface area (Å²) in [5.74, 6) is 0.494. The van der Waals surface area contributed by atoms with Gasteiger partial charge in [-0.05, 0) is 35.1 Å². The molecule has 0 bridgehead atoms. The van der Waals surface area contributed by atoms with Crippen LogP contribution in [0.3, 0.4) is 0 Å². The maximum atomic E-state index is 13.4. The fourth-order valence-electron chi connectivity index (χ4n) is 7.30. The van der Waals surface area contributed by atoms with Crippen molar-refractivity contribution in [3.05, 3.63) is 117 Å². The third-order valence-electron chi connectivity index (χ3n) is 9.45. The van der Waals surface area contributed by atoms with E-state index in [0.29, 0.717) is 71.0 Å². The predicted molar refractivity (Wildman–Crippen MR) is 184 cm³/mol. The summed E-state index contributed by atoms with van der Waals surface area (Å²) in [6, 6.07) is 18.9. The summed E-state index contributed by atoms with van der Waals surface area (Å²) in [7, 11) is 0. The van der Waals surface area contributed by atoms with Crippen LogP contribution in [0.15, 0.2) is 106 Å². The second-order valence-electron chi connectivity index (χ2n) is 14.6. The zero-order valence-corrected chi connectivity index (χ0v) is 28.7. The number of ether oxygens (including phenoxy) is 4. The summed E-state index contributed by atoms with van der Waals surface area (Å²) in [5, 5.41) is 20.1. The minimum atomic E-state index is -0.698. The lowest BCUT2D eigenvalue weighted by molar-refractivity contribution is -0.119. The Balaban J connectivity index is 1.19. The zero-order chi connectivity index (χ0) is 35.8. The van der Waals surface area contributed by atoms with Gasteiger partial charge in [-0.1, -0.05) is 64.1 Å². The highest BCUT2D eigenvalue weighted by molar-refractivity contribution is 6.01. The fraction of sp³-hybridized carbons (Fsp3) is 0.350. The molecular formula is C40H40N4O6. The van der Waals surface area contributed by atoms with Gasteiger partial charge in [0.1, 0.15) is 59.5 Å². The number of para-hydroxylation sites is 2. The number of benzene rings is 2. The van der Waals surface area contributed by atoms with Crippen molar-refractivity contribution < 1.29 is 28.5 Å². The lowest BCUT2D eigenvalue weighted by Gasteiger charge is -2.37. The Labute approximate surface area is 291 Å². The number of hydrogen-bond acceptors (Lipinski definition) is 10. The third-order valence-corrected chi connectivity index (χ3v) is 9.45. The molecule has 0 amide bonds. The Hall–Kier alpha value is -5.74. The summed E-state index contributed by atoms with van der Waals surface area (Å²) in [6.07, 6.45) is 5.34. The molecule has 256 valence electrons. The number of Topliss-reactive ketones (excluding diaryl/α,β-unsaturated/α-hetero) is 2. The molecule has 4 aliphatic rings. The molecule has 0 fully saturated rings. The first-order valence-corrected chi connectivity index (χ1v) is 16.6. The van der Waals surface area contributed by atoms with Crippen molar-refractivity contribution in [1.29, 1.82) is 10.5 Å². The van der Waals surface area contributed by atoms with Crippen LogP contribution < -0.4 is 20.9 Å². The van der Waals surface area contributed by atoms with E-state index in [1.807, 2.05) is 64.1 Å². The Kier molecular flexibility index (Phi) is 9.07. The average molecular weight is 673 g/mol. The minimum Gasteiger partial charge on any atom is -0.489 e. The summed E-state index contributed by atoms with van der Waals surface area (Å²) in [6.45, 7) is 8.38. The number of carbonyl (C=O) groups excluding carboxylic acids is 2. The maximum Gasteiger partial charge on any atom is 0.205 e. The number of hydrogen-bond donors (Lipinski definition) is 2. The number of nitriles is 2. The van der Waals surface area contributed by atoms with Crippen LogP contribution in [0.25, 0.3) is 0 Å². The van der Waals surface area contributed by atoms with Crippen molar-refractivity contribution in [1.82, 2.24) is 0 Å². The molecule has 10 heteroatoms. The molecule has 2 aromatic carbocycles. The van der Waals surface area contributed by atoms with Crippen LogP contribution in [0.5, 0.6) is 11.5 Å². The van der Waals surface area contributed by atoms with Crippen molar-refractivity contribution in [2.45, 2.75) is 65.2 Å². The third kappa shape index (κ3) is 6.49. The van der Waals surface area contributed by atoms with Crippen molar-refractivity contribution in [2.75, 3.05) is 13.2 Å². The topological polar surface area (TPSA) is 171 Å². The lowest BCUT2D eigenvalue weighted by Crippen LogP contribution is -2.33. The molecule has 10 nitrogen and oxygen atoms in total. The van der Waals surface area contributed by atoms with Gasteiger partial charge in [0.25, 0.3) is 0 Å². The van der Waals surface area contributed by atoms with E-state index in [1.54, 1.807) is 24.3 Å². The van der Waals surface area contributed by atoms with E-state index in [0.717, 1.165) is 0 Å². The van der Waals surface area contributed by atoms with Crippen LogP contribution in [0.4, 0.5) is 0 Å². The Morgan fingerprint density at radius 1 is 0.700 bits per heavy atom. The van der Waals surface area contributed by atoms with E-state index in [4.69, 9.17) is 30.4 Å². The van der Waals surface area contributed by atoms with Crippen LogP contribution in [0.1, 0.15) is 76.3 Å². The minimum absolute atomic E-state index is 0.00101. The zero-order valence-electron chi connectivity index (χ0n) is 28.7. The molecule has 0 saturated carbocycles. The molecule has 2 aliphatic heterocycles. The summed E-state index contributed by atoms with van der Waals surface area (Å²) < 4.78 is 24.0. The van der Waals surface area contributed by atoms with Gasteiger partial charge in [-0.3, -0.25) is 9.59 Å². The smallest absolute Gasteiger partial charge is 0.205 e. The van der Waals surface area contributed by atoms with Gasteiger partial charge in [-0.2, -0.15) is 10.5 Å². The van der Waals surface area contributed by atoms with Gasteiger partial charge < -0.3 is 30.4 Å². The molecule has 2 heterocycles. The van der Waals surface area contributed by atoms with Gasteiger partial charge >= 0.3 is 0 Å². The molecule has 0 spiro atoms. The van der Waals surface area contributed by atoms with Crippen LogP contribution in [-0.4, -0.2) is 24.8 Å². The number of ketones is 2. The van der Waals surface area contributed by atoms with Gasteiger partial charge in [-0.15, -0.1) is 0 Å². The summed E-state index contributed by atoms with van der Waals surface area (Å²) in [5.41, 5.74) is 14.4. The van der Waals surface area contributed by atoms with Crippen LogP contribution in [0.2, 0.25) is 0 Å². The monoisotopic (exact) mass is 672 g/mol. The van der Waals surface area contributed by atoms with Crippen LogP contribution >= 0.6 is 0 Å². The highest BCUT2D eigenvalue weighted by Crippen LogP contribution is 2.51. The quantitative estimate of drug-likeness (QED) is 0.291.